The number of hydrogen-bond donors (Lipinski definition) is 2. The number of pyridine rings is 1. The monoisotopic (exact) mass is 431 g/mol. The lowest BCUT2D eigenvalue weighted by atomic mass is 10.2. The minimum Gasteiger partial charge on any atom is -0.493 e. The van der Waals surface area contributed by atoms with Crippen LogP contribution in [0, 0.1) is 6.92 Å². The summed E-state index contributed by atoms with van der Waals surface area (Å²) in [5, 5.41) is 13.8. The summed E-state index contributed by atoms with van der Waals surface area (Å²) in [6.45, 7) is 6.61. The third kappa shape index (κ3) is 7.47. The van der Waals surface area contributed by atoms with Crippen LogP contribution >= 0.6 is 11.8 Å². The first kappa shape index (κ1) is 22.9. The number of nitrogens with one attached hydrogen (secondary N) is 1. The first-order valence-electron chi connectivity index (χ1n) is 10.5. The molecule has 3 rings (SSSR count). The van der Waals surface area contributed by atoms with Gasteiger partial charge in [0.15, 0.2) is 11.5 Å². The summed E-state index contributed by atoms with van der Waals surface area (Å²) in [6.07, 6.45) is 0.391. The van der Waals surface area contributed by atoms with Gasteiger partial charge in [-0.1, -0.05) is 12.1 Å². The van der Waals surface area contributed by atoms with Gasteiger partial charge in [0.1, 0.15) is 12.7 Å². The summed E-state index contributed by atoms with van der Waals surface area (Å²) in [5.41, 5.74) is 3.28. The molecular formula is C23H33N3O3S. The average molecular weight is 432 g/mol. The van der Waals surface area contributed by atoms with Gasteiger partial charge in [-0.15, -0.1) is 0 Å². The van der Waals surface area contributed by atoms with Crippen LogP contribution in [-0.4, -0.2) is 72.5 Å². The van der Waals surface area contributed by atoms with Crippen molar-refractivity contribution in [2.75, 3.05) is 51.4 Å². The maximum absolute atomic E-state index is 10.3. The number of rotatable bonds is 11. The maximum atomic E-state index is 10.3. The molecule has 1 fully saturated rings. The topological polar surface area (TPSA) is 66.8 Å². The molecule has 1 saturated heterocycles. The van der Waals surface area contributed by atoms with Crippen LogP contribution in [0.5, 0.6) is 11.5 Å². The van der Waals surface area contributed by atoms with Crippen molar-refractivity contribution in [1.82, 2.24) is 15.2 Å². The number of aromatic nitrogens is 1. The molecule has 0 radical (unpaired) electrons. The number of thioether (sulfide) groups is 1. The van der Waals surface area contributed by atoms with Crippen LogP contribution in [0.3, 0.4) is 0 Å². The summed E-state index contributed by atoms with van der Waals surface area (Å²) < 4.78 is 11.3. The van der Waals surface area contributed by atoms with Crippen molar-refractivity contribution >= 4 is 11.8 Å². The first-order chi connectivity index (χ1) is 14.6. The maximum Gasteiger partial charge on any atom is 0.161 e. The molecule has 2 aromatic rings. The van der Waals surface area contributed by atoms with E-state index >= 15 is 0 Å². The van der Waals surface area contributed by atoms with Crippen LogP contribution in [0.4, 0.5) is 0 Å². The van der Waals surface area contributed by atoms with Crippen molar-refractivity contribution < 1.29 is 14.6 Å². The van der Waals surface area contributed by atoms with Gasteiger partial charge >= 0.3 is 0 Å². The Bertz CT molecular complexity index is 784. The van der Waals surface area contributed by atoms with Gasteiger partial charge in [-0.2, -0.15) is 11.8 Å². The average Bonchev–Trinajstić information content (AvgIpc) is 2.76. The number of β-amino-alcohol motifs (C(OH)–C–C–N with tert-alkyl or cyclic N) is 1. The van der Waals surface area contributed by atoms with Crippen LogP contribution in [0.1, 0.15) is 17.0 Å². The van der Waals surface area contributed by atoms with Crippen LogP contribution in [0.15, 0.2) is 36.4 Å². The Morgan fingerprint density at radius 2 is 2.03 bits per heavy atom. The second-order valence-corrected chi connectivity index (χ2v) is 8.78. The van der Waals surface area contributed by atoms with Gasteiger partial charge in [-0.3, -0.25) is 9.88 Å². The van der Waals surface area contributed by atoms with Gasteiger partial charge in [0.25, 0.3) is 0 Å². The predicted molar refractivity (Wildman–Crippen MR) is 123 cm³/mol. The first-order valence-corrected chi connectivity index (χ1v) is 11.7. The zero-order valence-corrected chi connectivity index (χ0v) is 18.8. The third-order valence-electron chi connectivity index (χ3n) is 5.06. The number of aliphatic hydroxyl groups excluding tert-OH is 1. The van der Waals surface area contributed by atoms with Crippen molar-refractivity contribution in [3.8, 4) is 11.5 Å². The second kappa shape index (κ2) is 12.2. The van der Waals surface area contributed by atoms with Gasteiger partial charge < -0.3 is 19.9 Å². The molecule has 1 aliphatic heterocycles. The van der Waals surface area contributed by atoms with Crippen LogP contribution < -0.4 is 14.8 Å². The number of nitrogens with zero attached hydrogens (tertiary/aromatic N) is 2. The molecule has 2 N–H and O–H groups in total. The van der Waals surface area contributed by atoms with E-state index in [4.69, 9.17) is 9.47 Å². The molecule has 7 heteroatoms. The van der Waals surface area contributed by atoms with Gasteiger partial charge in [0.2, 0.25) is 0 Å². The quantitative estimate of drug-likeness (QED) is 0.530. The predicted octanol–water partition coefficient (Wildman–Crippen LogP) is 2.52. The molecular weight excluding hydrogens is 398 g/mol. The summed E-state index contributed by atoms with van der Waals surface area (Å²) in [6, 6.07) is 12.1. The number of hydrogen-bond acceptors (Lipinski definition) is 7. The van der Waals surface area contributed by atoms with Gasteiger partial charge in [-0.25, -0.2) is 0 Å². The molecule has 1 aromatic heterocycles. The van der Waals surface area contributed by atoms with Crippen molar-refractivity contribution in [2.24, 2.45) is 0 Å². The Balaban J connectivity index is 1.43. The molecule has 164 valence electrons. The lowest BCUT2D eigenvalue weighted by molar-refractivity contribution is 0.0705. The molecule has 1 atom stereocenters. The Hall–Kier alpha value is -1.80. The molecule has 1 aromatic carbocycles. The highest BCUT2D eigenvalue weighted by molar-refractivity contribution is 7.99. The highest BCUT2D eigenvalue weighted by Gasteiger charge is 2.16. The number of benzene rings is 1. The summed E-state index contributed by atoms with van der Waals surface area (Å²) in [7, 11) is 1.64. The zero-order chi connectivity index (χ0) is 21.2. The highest BCUT2D eigenvalue weighted by atomic mass is 32.2. The third-order valence-corrected chi connectivity index (χ3v) is 6.01. The van der Waals surface area contributed by atoms with Gasteiger partial charge in [-0.05, 0) is 36.8 Å². The fourth-order valence-corrected chi connectivity index (χ4v) is 4.43. The Morgan fingerprint density at radius 1 is 1.20 bits per heavy atom. The smallest absolute Gasteiger partial charge is 0.161 e. The minimum atomic E-state index is -0.505. The van der Waals surface area contributed by atoms with E-state index in [9.17, 15) is 5.11 Å². The summed E-state index contributed by atoms with van der Waals surface area (Å²) >= 11 is 1.97. The van der Waals surface area contributed by atoms with E-state index in [2.05, 4.69) is 21.3 Å². The van der Waals surface area contributed by atoms with Crippen molar-refractivity contribution in [3.05, 3.63) is 53.3 Å². The van der Waals surface area contributed by atoms with E-state index in [1.54, 1.807) is 7.11 Å². The Kier molecular flexibility index (Phi) is 9.27. The summed E-state index contributed by atoms with van der Waals surface area (Å²) in [5.74, 6) is 3.63. The number of aryl methyl sites for hydroxylation is 1. The molecule has 0 saturated carbocycles. The molecule has 0 aliphatic carbocycles. The normalized spacial score (nSPS) is 15.7. The van der Waals surface area contributed by atoms with Crippen LogP contribution in [0.25, 0.3) is 0 Å². The molecule has 6 nitrogen and oxygen atoms in total. The molecule has 0 spiro atoms. The molecule has 2 heterocycles. The number of methoxy groups -OCH3 is 1. The molecule has 30 heavy (non-hydrogen) atoms. The van der Waals surface area contributed by atoms with E-state index in [-0.39, 0.29) is 6.61 Å². The van der Waals surface area contributed by atoms with Crippen molar-refractivity contribution in [1.29, 1.82) is 0 Å². The fourth-order valence-electron chi connectivity index (χ4n) is 3.45. The van der Waals surface area contributed by atoms with Gasteiger partial charge in [0.05, 0.1) is 7.11 Å². The second-order valence-electron chi connectivity index (χ2n) is 7.56. The summed E-state index contributed by atoms with van der Waals surface area (Å²) in [4.78, 5) is 6.82. The lowest BCUT2D eigenvalue weighted by Gasteiger charge is -2.28. The van der Waals surface area contributed by atoms with E-state index in [1.165, 1.54) is 0 Å². The largest absolute Gasteiger partial charge is 0.493 e. The molecule has 0 bridgehead atoms. The Morgan fingerprint density at radius 3 is 2.80 bits per heavy atom. The number of ether oxygens (including phenoxy) is 2. The van der Waals surface area contributed by atoms with Crippen molar-refractivity contribution in [2.45, 2.75) is 26.0 Å². The van der Waals surface area contributed by atoms with Gasteiger partial charge in [0, 0.05) is 62.0 Å². The lowest BCUT2D eigenvalue weighted by Crippen LogP contribution is -2.40. The zero-order valence-electron chi connectivity index (χ0n) is 18.0. The van der Waals surface area contributed by atoms with Crippen LogP contribution in [0.2, 0.25) is 0 Å². The highest BCUT2D eigenvalue weighted by Crippen LogP contribution is 2.28. The fraction of sp³-hybridized carbons (Fsp3) is 0.522. The molecule has 1 aliphatic rings. The van der Waals surface area contributed by atoms with Crippen LogP contribution in [-0.2, 0) is 13.0 Å². The molecule has 1 unspecified atom stereocenters. The van der Waals surface area contributed by atoms with E-state index < -0.39 is 6.10 Å². The number of aliphatic hydroxyl groups is 1. The molecule has 0 amide bonds. The minimum absolute atomic E-state index is 0.265. The SMILES string of the molecule is COc1cc(CNCCc2cccc(C)n2)ccc1OCC(O)CN1CCSCC1. The standard InChI is InChI=1S/C23H33N3O3S/c1-18-4-3-5-20(25-18)8-9-24-15-19-6-7-22(23(14-19)28-2)29-17-21(27)16-26-10-12-30-13-11-26/h3-7,14,21,24,27H,8-13,15-17H2,1-2H3. The van der Waals surface area contributed by atoms with E-state index in [0.29, 0.717) is 18.0 Å². The Labute approximate surface area is 184 Å². The van der Waals surface area contributed by atoms with Crippen molar-refractivity contribution in [3.63, 3.8) is 0 Å². The van der Waals surface area contributed by atoms with E-state index in [1.807, 2.05) is 49.0 Å². The van der Waals surface area contributed by atoms with E-state index in [0.717, 1.165) is 61.1 Å².